The highest BCUT2D eigenvalue weighted by molar-refractivity contribution is 7.18. The number of hydrogen-bond acceptors (Lipinski definition) is 6. The third-order valence-electron chi connectivity index (χ3n) is 3.92. The maximum absolute atomic E-state index is 12.4. The van der Waals surface area contributed by atoms with Crippen LogP contribution in [-0.4, -0.2) is 24.4 Å². The van der Waals surface area contributed by atoms with Gasteiger partial charge < -0.3 is 19.8 Å². The van der Waals surface area contributed by atoms with E-state index in [0.717, 1.165) is 24.2 Å². The number of thiophene rings is 1. The van der Waals surface area contributed by atoms with E-state index in [1.54, 1.807) is 48.5 Å². The molecule has 2 N–H and O–H groups in total. The first kappa shape index (κ1) is 20.3. The van der Waals surface area contributed by atoms with Gasteiger partial charge in [-0.25, -0.2) is 4.79 Å². The lowest BCUT2D eigenvalue weighted by atomic mass is 10.2. The van der Waals surface area contributed by atoms with Crippen LogP contribution in [0.25, 0.3) is 0 Å². The Bertz CT molecular complexity index is 977. The number of anilines is 2. The van der Waals surface area contributed by atoms with Crippen molar-refractivity contribution in [1.82, 2.24) is 0 Å². The Morgan fingerprint density at radius 3 is 2.48 bits per heavy atom. The number of ether oxygens (including phenoxy) is 1. The van der Waals surface area contributed by atoms with E-state index >= 15 is 0 Å². The maximum atomic E-state index is 12.4. The summed E-state index contributed by atoms with van der Waals surface area (Å²) >= 11 is 1.15. The average molecular weight is 412 g/mol. The third-order valence-corrected chi connectivity index (χ3v) is 4.92. The van der Waals surface area contributed by atoms with Crippen molar-refractivity contribution in [2.75, 3.05) is 17.2 Å². The van der Waals surface area contributed by atoms with Crippen molar-refractivity contribution in [1.29, 1.82) is 0 Å². The molecule has 0 atom stereocenters. The van der Waals surface area contributed by atoms with Crippen molar-refractivity contribution in [2.24, 2.45) is 0 Å². The number of amides is 2. The molecule has 0 fully saturated rings. The summed E-state index contributed by atoms with van der Waals surface area (Å²) in [4.78, 5) is 36.7. The lowest BCUT2D eigenvalue weighted by Crippen LogP contribution is -2.11. The summed E-state index contributed by atoms with van der Waals surface area (Å²) in [5.41, 5.74) is 0.979. The Hall–Kier alpha value is -3.39. The van der Waals surface area contributed by atoms with Crippen molar-refractivity contribution in [2.45, 2.75) is 19.8 Å². The summed E-state index contributed by atoms with van der Waals surface area (Å²) in [6.45, 7) is 2.42. The fraction of sp³-hybridized carbons (Fsp3) is 0.190. The van der Waals surface area contributed by atoms with Gasteiger partial charge in [0.05, 0.1) is 28.3 Å². The molecular weight excluding hydrogens is 392 g/mol. The van der Waals surface area contributed by atoms with Crippen LogP contribution in [0.2, 0.25) is 0 Å². The van der Waals surface area contributed by atoms with Gasteiger partial charge in [-0.1, -0.05) is 13.3 Å². The van der Waals surface area contributed by atoms with Crippen LogP contribution in [0.4, 0.5) is 10.7 Å². The van der Waals surface area contributed by atoms with Crippen LogP contribution >= 0.6 is 11.3 Å². The summed E-state index contributed by atoms with van der Waals surface area (Å²) in [6.07, 6.45) is 3.19. The molecule has 0 unspecified atom stereocenters. The van der Waals surface area contributed by atoms with Gasteiger partial charge >= 0.3 is 5.97 Å². The van der Waals surface area contributed by atoms with Crippen molar-refractivity contribution < 1.29 is 23.5 Å². The van der Waals surface area contributed by atoms with E-state index < -0.39 is 0 Å². The fourth-order valence-corrected chi connectivity index (χ4v) is 3.18. The highest BCUT2D eigenvalue weighted by Gasteiger charge is 2.14. The van der Waals surface area contributed by atoms with Gasteiger partial charge in [-0.15, -0.1) is 11.3 Å². The van der Waals surface area contributed by atoms with Gasteiger partial charge in [-0.2, -0.15) is 0 Å². The maximum Gasteiger partial charge on any atom is 0.338 e. The van der Waals surface area contributed by atoms with E-state index in [2.05, 4.69) is 10.6 Å². The van der Waals surface area contributed by atoms with Gasteiger partial charge in [-0.05, 0) is 55.0 Å². The standard InChI is InChI=1S/C21H20N2O5S/c1-2-3-12-28-21(26)14-6-8-15(9-7-14)22-20(25)17-10-11-18(29-17)23-19(24)16-5-4-13-27-16/h4-11,13H,2-3,12H2,1H3,(H,22,25)(H,23,24). The highest BCUT2D eigenvalue weighted by atomic mass is 32.1. The van der Waals surface area contributed by atoms with Crippen LogP contribution < -0.4 is 10.6 Å². The Labute approximate surface area is 171 Å². The first-order valence-corrected chi connectivity index (χ1v) is 9.91. The fourth-order valence-electron chi connectivity index (χ4n) is 2.38. The Morgan fingerprint density at radius 2 is 1.79 bits per heavy atom. The minimum atomic E-state index is -0.384. The second kappa shape index (κ2) is 9.70. The molecule has 1 aromatic carbocycles. The second-order valence-electron chi connectivity index (χ2n) is 6.12. The highest BCUT2D eigenvalue weighted by Crippen LogP contribution is 2.24. The van der Waals surface area contributed by atoms with Gasteiger partial charge in [0.25, 0.3) is 11.8 Å². The minimum absolute atomic E-state index is 0.192. The molecule has 0 radical (unpaired) electrons. The normalized spacial score (nSPS) is 10.4. The zero-order chi connectivity index (χ0) is 20.6. The van der Waals surface area contributed by atoms with E-state index in [1.807, 2.05) is 6.92 Å². The predicted molar refractivity (Wildman–Crippen MR) is 111 cm³/mol. The van der Waals surface area contributed by atoms with Crippen molar-refractivity contribution in [3.8, 4) is 0 Å². The van der Waals surface area contributed by atoms with Crippen LogP contribution in [0.3, 0.4) is 0 Å². The molecule has 0 aliphatic carbocycles. The monoisotopic (exact) mass is 412 g/mol. The van der Waals surface area contributed by atoms with Gasteiger partial charge in [-0.3, -0.25) is 9.59 Å². The van der Waals surface area contributed by atoms with Gasteiger partial charge in [0.2, 0.25) is 0 Å². The molecule has 8 heteroatoms. The number of furan rings is 1. The molecular formula is C21H20N2O5S. The van der Waals surface area contributed by atoms with Crippen molar-refractivity contribution in [3.63, 3.8) is 0 Å². The first-order chi connectivity index (χ1) is 14.1. The van der Waals surface area contributed by atoms with Crippen LogP contribution in [0, 0.1) is 0 Å². The molecule has 3 aromatic rings. The van der Waals surface area contributed by atoms with E-state index in [-0.39, 0.29) is 23.5 Å². The van der Waals surface area contributed by atoms with Crippen LogP contribution in [0.5, 0.6) is 0 Å². The summed E-state index contributed by atoms with van der Waals surface area (Å²) in [5.74, 6) is -0.888. The molecule has 2 amide bonds. The van der Waals surface area contributed by atoms with E-state index in [9.17, 15) is 14.4 Å². The Morgan fingerprint density at radius 1 is 1.00 bits per heavy atom. The van der Waals surface area contributed by atoms with Crippen LogP contribution in [-0.2, 0) is 4.74 Å². The Balaban J connectivity index is 1.55. The number of nitrogens with one attached hydrogen (secondary N) is 2. The molecule has 7 nitrogen and oxygen atoms in total. The van der Waals surface area contributed by atoms with Crippen LogP contribution in [0.15, 0.2) is 59.2 Å². The second-order valence-corrected chi connectivity index (χ2v) is 7.20. The van der Waals surface area contributed by atoms with Crippen molar-refractivity contribution in [3.05, 3.63) is 71.0 Å². The molecule has 0 saturated carbocycles. The minimum Gasteiger partial charge on any atom is -0.462 e. The summed E-state index contributed by atoms with van der Waals surface area (Å²) < 4.78 is 10.2. The van der Waals surface area contributed by atoms with Crippen molar-refractivity contribution >= 4 is 39.8 Å². The van der Waals surface area contributed by atoms with E-state index in [0.29, 0.717) is 27.7 Å². The number of hydrogen-bond donors (Lipinski definition) is 2. The number of rotatable bonds is 8. The molecule has 0 spiro atoms. The number of unbranched alkanes of at least 4 members (excludes halogenated alkanes) is 1. The molecule has 0 aliphatic rings. The number of carbonyl (C=O) groups excluding carboxylic acids is 3. The quantitative estimate of drug-likeness (QED) is 0.409. The summed E-state index contributed by atoms with van der Waals surface area (Å²) in [6, 6.07) is 12.9. The molecule has 3 rings (SSSR count). The molecule has 2 aromatic heterocycles. The third kappa shape index (κ3) is 5.55. The number of benzene rings is 1. The smallest absolute Gasteiger partial charge is 0.338 e. The zero-order valence-corrected chi connectivity index (χ0v) is 16.6. The lowest BCUT2D eigenvalue weighted by Gasteiger charge is -2.06. The average Bonchev–Trinajstić information content (AvgIpc) is 3.41. The summed E-state index contributed by atoms with van der Waals surface area (Å²) in [5, 5.41) is 5.97. The summed E-state index contributed by atoms with van der Waals surface area (Å²) in [7, 11) is 0. The molecule has 2 heterocycles. The van der Waals surface area contributed by atoms with Gasteiger partial charge in [0, 0.05) is 5.69 Å². The molecule has 0 saturated heterocycles. The zero-order valence-electron chi connectivity index (χ0n) is 15.8. The number of carbonyl (C=O) groups is 3. The van der Waals surface area contributed by atoms with Gasteiger partial charge in [0.1, 0.15) is 0 Å². The number of esters is 1. The lowest BCUT2D eigenvalue weighted by molar-refractivity contribution is 0.0499. The largest absolute Gasteiger partial charge is 0.462 e. The predicted octanol–water partition coefficient (Wildman–Crippen LogP) is 4.80. The van der Waals surface area contributed by atoms with E-state index in [4.69, 9.17) is 9.15 Å². The SMILES string of the molecule is CCCCOC(=O)c1ccc(NC(=O)c2ccc(NC(=O)c3ccco3)s2)cc1. The first-order valence-electron chi connectivity index (χ1n) is 9.10. The topological polar surface area (TPSA) is 97.6 Å². The van der Waals surface area contributed by atoms with Crippen LogP contribution in [0.1, 0.15) is 50.3 Å². The van der Waals surface area contributed by atoms with Gasteiger partial charge in [0.15, 0.2) is 5.76 Å². The molecule has 0 aliphatic heterocycles. The molecule has 0 bridgehead atoms. The Kier molecular flexibility index (Phi) is 6.80. The molecule has 29 heavy (non-hydrogen) atoms. The van der Waals surface area contributed by atoms with E-state index in [1.165, 1.54) is 6.26 Å². The molecule has 150 valence electrons.